The zero-order valence-electron chi connectivity index (χ0n) is 10.2. The third kappa shape index (κ3) is 3.27. The average Bonchev–Trinajstić information content (AvgIpc) is 2.82. The third-order valence-electron chi connectivity index (χ3n) is 3.21. The predicted molar refractivity (Wildman–Crippen MR) is 72.7 cm³/mol. The highest BCUT2D eigenvalue weighted by Gasteiger charge is 2.16. The lowest BCUT2D eigenvalue weighted by molar-refractivity contribution is 0.106. The van der Waals surface area contributed by atoms with Gasteiger partial charge in [-0.05, 0) is 37.5 Å². The normalized spacial score (nSPS) is 19.5. The van der Waals surface area contributed by atoms with E-state index in [0.717, 1.165) is 36.0 Å². The smallest absolute Gasteiger partial charge is 0.0612 e. The van der Waals surface area contributed by atoms with Gasteiger partial charge in [-0.2, -0.15) is 0 Å². The lowest BCUT2D eigenvalue weighted by atomic mass is 10.1. The zero-order valence-corrected chi connectivity index (χ0v) is 10.9. The molecule has 17 heavy (non-hydrogen) atoms. The van der Waals surface area contributed by atoms with Crippen LogP contribution in [0.4, 0.5) is 11.4 Å². The van der Waals surface area contributed by atoms with Crippen molar-refractivity contribution in [3.63, 3.8) is 0 Å². The van der Waals surface area contributed by atoms with Crippen LogP contribution in [0.2, 0.25) is 5.02 Å². The molecule has 1 aromatic rings. The summed E-state index contributed by atoms with van der Waals surface area (Å²) in [6, 6.07) is 5.57. The molecule has 1 aliphatic heterocycles. The highest BCUT2D eigenvalue weighted by molar-refractivity contribution is 6.31. The predicted octanol–water partition coefficient (Wildman–Crippen LogP) is 2.93. The van der Waals surface area contributed by atoms with E-state index in [-0.39, 0.29) is 0 Å². The molecule has 0 saturated carbocycles. The van der Waals surface area contributed by atoms with Crippen LogP contribution in [0.3, 0.4) is 0 Å². The maximum Gasteiger partial charge on any atom is 0.0612 e. The van der Waals surface area contributed by atoms with E-state index in [2.05, 4.69) is 4.90 Å². The lowest BCUT2D eigenvalue weighted by Crippen LogP contribution is -2.23. The van der Waals surface area contributed by atoms with Gasteiger partial charge in [-0.25, -0.2) is 0 Å². The van der Waals surface area contributed by atoms with Gasteiger partial charge in [0.1, 0.15) is 0 Å². The molecule has 0 spiro atoms. The van der Waals surface area contributed by atoms with Gasteiger partial charge in [0, 0.05) is 25.2 Å². The number of nitrogens with zero attached hydrogens (tertiary/aromatic N) is 1. The fourth-order valence-electron chi connectivity index (χ4n) is 2.18. The molecule has 4 heteroatoms. The summed E-state index contributed by atoms with van der Waals surface area (Å²) in [6.45, 7) is 1.85. The molecule has 1 saturated heterocycles. The Morgan fingerprint density at radius 3 is 3.06 bits per heavy atom. The lowest BCUT2D eigenvalue weighted by Gasteiger charge is -2.22. The molecule has 1 aromatic carbocycles. The van der Waals surface area contributed by atoms with E-state index in [9.17, 15) is 0 Å². The van der Waals surface area contributed by atoms with Gasteiger partial charge in [0.25, 0.3) is 0 Å². The van der Waals surface area contributed by atoms with E-state index < -0.39 is 0 Å². The molecular formula is C13H19ClN2O. The maximum absolute atomic E-state index is 5.98. The van der Waals surface area contributed by atoms with Crippen LogP contribution in [0.25, 0.3) is 0 Å². The van der Waals surface area contributed by atoms with Crippen LogP contribution >= 0.6 is 11.6 Å². The Balaban J connectivity index is 1.93. The number of ether oxygens (including phenoxy) is 1. The minimum Gasteiger partial charge on any atom is -0.397 e. The van der Waals surface area contributed by atoms with Crippen LogP contribution in [-0.2, 0) is 4.74 Å². The number of hydrogen-bond donors (Lipinski definition) is 1. The first-order chi connectivity index (χ1) is 8.16. The number of halogens is 1. The molecule has 2 rings (SSSR count). The Morgan fingerprint density at radius 1 is 1.53 bits per heavy atom. The average molecular weight is 255 g/mol. The van der Waals surface area contributed by atoms with Crippen molar-refractivity contribution in [2.45, 2.75) is 25.4 Å². The molecule has 1 fully saturated rings. The van der Waals surface area contributed by atoms with Gasteiger partial charge in [-0.3, -0.25) is 0 Å². The second-order valence-corrected chi connectivity index (χ2v) is 4.98. The molecule has 1 heterocycles. The number of nitrogens with two attached hydrogens (primary N) is 1. The van der Waals surface area contributed by atoms with E-state index in [4.69, 9.17) is 22.1 Å². The van der Waals surface area contributed by atoms with Crippen molar-refractivity contribution in [1.29, 1.82) is 0 Å². The molecule has 0 bridgehead atoms. The largest absolute Gasteiger partial charge is 0.397 e. The van der Waals surface area contributed by atoms with Crippen molar-refractivity contribution in [2.24, 2.45) is 0 Å². The molecule has 0 aromatic heterocycles. The van der Waals surface area contributed by atoms with Gasteiger partial charge in [0.05, 0.1) is 17.5 Å². The molecule has 94 valence electrons. The van der Waals surface area contributed by atoms with Crippen molar-refractivity contribution in [3.05, 3.63) is 23.2 Å². The van der Waals surface area contributed by atoms with Crippen molar-refractivity contribution in [2.75, 3.05) is 30.8 Å². The van der Waals surface area contributed by atoms with Gasteiger partial charge < -0.3 is 15.4 Å². The summed E-state index contributed by atoms with van der Waals surface area (Å²) in [7, 11) is 2.04. The molecule has 1 atom stereocenters. The Labute approximate surface area is 107 Å². The number of rotatable bonds is 4. The second-order valence-electron chi connectivity index (χ2n) is 4.55. The van der Waals surface area contributed by atoms with Gasteiger partial charge in [0.15, 0.2) is 0 Å². The zero-order chi connectivity index (χ0) is 12.3. The van der Waals surface area contributed by atoms with Crippen LogP contribution in [-0.4, -0.2) is 26.3 Å². The van der Waals surface area contributed by atoms with Gasteiger partial charge in [-0.15, -0.1) is 0 Å². The monoisotopic (exact) mass is 254 g/mol. The highest BCUT2D eigenvalue weighted by Crippen LogP contribution is 2.26. The maximum atomic E-state index is 5.98. The number of nitrogen functional groups attached to an aromatic ring is 1. The fourth-order valence-corrected chi connectivity index (χ4v) is 2.34. The van der Waals surface area contributed by atoms with Gasteiger partial charge in [-0.1, -0.05) is 11.6 Å². The van der Waals surface area contributed by atoms with Gasteiger partial charge in [0.2, 0.25) is 0 Å². The summed E-state index contributed by atoms with van der Waals surface area (Å²) >= 11 is 5.98. The van der Waals surface area contributed by atoms with Crippen molar-refractivity contribution in [3.8, 4) is 0 Å². The standard InChI is InChI=1S/C13H19ClN2O/c1-16(7-6-11-3-2-8-17-11)13-9-10(14)4-5-12(13)15/h4-5,9,11H,2-3,6-8,15H2,1H3. The van der Waals surface area contributed by atoms with E-state index in [0.29, 0.717) is 6.10 Å². The molecule has 0 radical (unpaired) electrons. The second kappa shape index (κ2) is 5.61. The topological polar surface area (TPSA) is 38.5 Å². The van der Waals surface area contributed by atoms with Crippen LogP contribution in [0.5, 0.6) is 0 Å². The fraction of sp³-hybridized carbons (Fsp3) is 0.538. The molecule has 0 aliphatic carbocycles. The molecule has 3 nitrogen and oxygen atoms in total. The Kier molecular flexibility index (Phi) is 4.13. The Hall–Kier alpha value is -0.930. The van der Waals surface area contributed by atoms with Crippen LogP contribution in [0.15, 0.2) is 18.2 Å². The summed E-state index contributed by atoms with van der Waals surface area (Å²) in [4.78, 5) is 2.14. The summed E-state index contributed by atoms with van der Waals surface area (Å²) in [5, 5.41) is 0.721. The molecular weight excluding hydrogens is 236 g/mol. The van der Waals surface area contributed by atoms with Crippen LogP contribution in [0.1, 0.15) is 19.3 Å². The Bertz CT molecular complexity index is 378. The van der Waals surface area contributed by atoms with Crippen LogP contribution < -0.4 is 10.6 Å². The molecule has 0 amide bonds. The van der Waals surface area contributed by atoms with Gasteiger partial charge >= 0.3 is 0 Å². The van der Waals surface area contributed by atoms with E-state index in [1.54, 1.807) is 0 Å². The molecule has 2 N–H and O–H groups in total. The first-order valence-electron chi connectivity index (χ1n) is 6.04. The van der Waals surface area contributed by atoms with E-state index in [1.165, 1.54) is 12.8 Å². The summed E-state index contributed by atoms with van der Waals surface area (Å²) in [5.74, 6) is 0. The van der Waals surface area contributed by atoms with Crippen molar-refractivity contribution in [1.82, 2.24) is 0 Å². The Morgan fingerprint density at radius 2 is 2.35 bits per heavy atom. The minimum absolute atomic E-state index is 0.415. The molecule has 1 unspecified atom stereocenters. The highest BCUT2D eigenvalue weighted by atomic mass is 35.5. The van der Waals surface area contributed by atoms with E-state index >= 15 is 0 Å². The first kappa shape index (κ1) is 12.5. The number of anilines is 2. The number of hydrogen-bond acceptors (Lipinski definition) is 3. The third-order valence-corrected chi connectivity index (χ3v) is 3.45. The van der Waals surface area contributed by atoms with E-state index in [1.807, 2.05) is 25.2 Å². The summed E-state index contributed by atoms with van der Waals surface area (Å²) in [6.07, 6.45) is 3.83. The quantitative estimate of drug-likeness (QED) is 0.840. The molecule has 1 aliphatic rings. The van der Waals surface area contributed by atoms with Crippen molar-refractivity contribution < 1.29 is 4.74 Å². The summed E-state index contributed by atoms with van der Waals surface area (Å²) < 4.78 is 5.61. The SMILES string of the molecule is CN(CCC1CCCO1)c1cc(Cl)ccc1N. The first-order valence-corrected chi connectivity index (χ1v) is 6.42. The van der Waals surface area contributed by atoms with Crippen molar-refractivity contribution >= 4 is 23.0 Å². The minimum atomic E-state index is 0.415. The number of benzene rings is 1. The summed E-state index contributed by atoms with van der Waals surface area (Å²) in [5.41, 5.74) is 7.71. The van der Waals surface area contributed by atoms with Crippen LogP contribution in [0, 0.1) is 0 Å².